The lowest BCUT2D eigenvalue weighted by Crippen LogP contribution is -2.09. The molecule has 3 aromatic rings. The summed E-state index contributed by atoms with van der Waals surface area (Å²) in [4.78, 5) is 22.4. The van der Waals surface area contributed by atoms with E-state index in [9.17, 15) is 4.79 Å². The fourth-order valence-corrected chi connectivity index (χ4v) is 2.51. The van der Waals surface area contributed by atoms with Gasteiger partial charge in [0.1, 0.15) is 12.1 Å². The Morgan fingerprint density at radius 3 is 2.69 bits per heavy atom. The van der Waals surface area contributed by atoms with Crippen molar-refractivity contribution in [3.05, 3.63) is 48.8 Å². The molecular formula is C20H19N5O. The van der Waals surface area contributed by atoms with Gasteiger partial charge in [-0.2, -0.15) is 0 Å². The van der Waals surface area contributed by atoms with E-state index < -0.39 is 0 Å². The number of nitrogens with zero attached hydrogens (tertiary/aromatic N) is 3. The van der Waals surface area contributed by atoms with Crippen molar-refractivity contribution in [2.45, 2.75) is 6.92 Å². The third kappa shape index (κ3) is 3.90. The summed E-state index contributed by atoms with van der Waals surface area (Å²) in [5, 5.41) is 6.89. The maximum absolute atomic E-state index is 11.7. The summed E-state index contributed by atoms with van der Waals surface area (Å²) in [6, 6.07) is 13.5. The Morgan fingerprint density at radius 1 is 1.08 bits per heavy atom. The SMILES string of the molecule is CC#CC(=O)Nc1ccc2ncnc(Nc3cccc(N(C)C)c3)c2c1. The number of carbonyl (C=O) groups is 1. The van der Waals surface area contributed by atoms with Gasteiger partial charge < -0.3 is 15.5 Å². The van der Waals surface area contributed by atoms with Crippen molar-refractivity contribution in [1.82, 2.24) is 9.97 Å². The molecule has 26 heavy (non-hydrogen) atoms. The number of anilines is 4. The summed E-state index contributed by atoms with van der Waals surface area (Å²) in [5.74, 6) is 5.36. The number of rotatable bonds is 4. The zero-order chi connectivity index (χ0) is 18.5. The van der Waals surface area contributed by atoms with Gasteiger partial charge in [0.15, 0.2) is 0 Å². The van der Waals surface area contributed by atoms with Crippen molar-refractivity contribution >= 4 is 39.7 Å². The number of carbonyl (C=O) groups excluding carboxylic acids is 1. The molecule has 1 amide bonds. The zero-order valence-electron chi connectivity index (χ0n) is 14.9. The fraction of sp³-hybridized carbons (Fsp3) is 0.150. The third-order valence-corrected chi connectivity index (χ3v) is 3.76. The van der Waals surface area contributed by atoms with E-state index >= 15 is 0 Å². The van der Waals surface area contributed by atoms with E-state index in [0.29, 0.717) is 11.5 Å². The molecule has 0 unspecified atom stereocenters. The zero-order valence-corrected chi connectivity index (χ0v) is 14.9. The Balaban J connectivity index is 1.96. The van der Waals surface area contributed by atoms with E-state index in [2.05, 4.69) is 32.4 Å². The monoisotopic (exact) mass is 345 g/mol. The van der Waals surface area contributed by atoms with Crippen molar-refractivity contribution in [2.24, 2.45) is 0 Å². The maximum Gasteiger partial charge on any atom is 0.300 e. The van der Waals surface area contributed by atoms with E-state index in [1.165, 1.54) is 6.33 Å². The average Bonchev–Trinajstić information content (AvgIpc) is 2.62. The van der Waals surface area contributed by atoms with Crippen LogP contribution in [0.5, 0.6) is 0 Å². The molecule has 2 aromatic carbocycles. The minimum Gasteiger partial charge on any atom is -0.378 e. The van der Waals surface area contributed by atoms with E-state index in [1.54, 1.807) is 13.0 Å². The van der Waals surface area contributed by atoms with Crippen LogP contribution in [0.4, 0.5) is 22.9 Å². The predicted octanol–water partition coefficient (Wildman–Crippen LogP) is 3.40. The lowest BCUT2D eigenvalue weighted by atomic mass is 10.2. The standard InChI is InChI=1S/C20H19N5O/c1-4-6-19(26)23-15-9-10-18-17(12-15)20(22-13-21-18)24-14-7-5-8-16(11-14)25(2)3/h5,7-13H,1-3H3,(H,23,26)(H,21,22,24). The molecule has 0 radical (unpaired) electrons. The molecule has 0 aliphatic heterocycles. The van der Waals surface area contributed by atoms with Crippen molar-refractivity contribution in [2.75, 3.05) is 29.6 Å². The van der Waals surface area contributed by atoms with Gasteiger partial charge in [-0.15, -0.1) is 0 Å². The topological polar surface area (TPSA) is 70.1 Å². The lowest BCUT2D eigenvalue weighted by molar-refractivity contribution is -0.111. The molecular weight excluding hydrogens is 326 g/mol. The van der Waals surface area contributed by atoms with Crippen LogP contribution >= 0.6 is 0 Å². The van der Waals surface area contributed by atoms with Crippen molar-refractivity contribution in [3.63, 3.8) is 0 Å². The van der Waals surface area contributed by atoms with Crippen molar-refractivity contribution in [3.8, 4) is 11.8 Å². The van der Waals surface area contributed by atoms with Gasteiger partial charge in [-0.1, -0.05) is 12.0 Å². The summed E-state index contributed by atoms with van der Waals surface area (Å²) < 4.78 is 0. The predicted molar refractivity (Wildman–Crippen MR) is 106 cm³/mol. The summed E-state index contributed by atoms with van der Waals surface area (Å²) in [6.45, 7) is 1.62. The minimum absolute atomic E-state index is 0.350. The molecule has 0 bridgehead atoms. The Morgan fingerprint density at radius 2 is 1.92 bits per heavy atom. The highest BCUT2D eigenvalue weighted by Crippen LogP contribution is 2.27. The van der Waals surface area contributed by atoms with Gasteiger partial charge in [0, 0.05) is 36.5 Å². The molecule has 2 N–H and O–H groups in total. The molecule has 0 saturated heterocycles. The number of benzene rings is 2. The second-order valence-electron chi connectivity index (χ2n) is 5.85. The van der Waals surface area contributed by atoms with Crippen LogP contribution in [0.2, 0.25) is 0 Å². The van der Waals surface area contributed by atoms with Crippen LogP contribution in [0.1, 0.15) is 6.92 Å². The van der Waals surface area contributed by atoms with Crippen LogP contribution in [0, 0.1) is 11.8 Å². The Bertz CT molecular complexity index is 1020. The van der Waals surface area contributed by atoms with E-state index in [1.807, 2.05) is 55.4 Å². The fourth-order valence-electron chi connectivity index (χ4n) is 2.51. The van der Waals surface area contributed by atoms with Gasteiger partial charge in [0.05, 0.1) is 5.52 Å². The van der Waals surface area contributed by atoms with E-state index in [0.717, 1.165) is 22.3 Å². The molecule has 0 atom stereocenters. The average molecular weight is 345 g/mol. The summed E-state index contributed by atoms with van der Waals surface area (Å²) >= 11 is 0. The second kappa shape index (κ2) is 7.53. The molecule has 0 aliphatic rings. The molecule has 1 heterocycles. The van der Waals surface area contributed by atoms with Crippen LogP contribution in [0.15, 0.2) is 48.8 Å². The Labute approximate surface area is 152 Å². The first-order valence-corrected chi connectivity index (χ1v) is 8.10. The lowest BCUT2D eigenvalue weighted by Gasteiger charge is -2.15. The second-order valence-corrected chi connectivity index (χ2v) is 5.85. The van der Waals surface area contributed by atoms with Gasteiger partial charge in [0.2, 0.25) is 0 Å². The number of hydrogen-bond donors (Lipinski definition) is 2. The van der Waals surface area contributed by atoms with Gasteiger partial charge in [0.25, 0.3) is 5.91 Å². The van der Waals surface area contributed by atoms with Crippen LogP contribution in [-0.2, 0) is 4.79 Å². The van der Waals surface area contributed by atoms with Crippen LogP contribution < -0.4 is 15.5 Å². The number of nitrogens with one attached hydrogen (secondary N) is 2. The molecule has 0 fully saturated rings. The quantitative estimate of drug-likeness (QED) is 0.709. The van der Waals surface area contributed by atoms with Crippen molar-refractivity contribution in [1.29, 1.82) is 0 Å². The normalized spacial score (nSPS) is 9.96. The summed E-state index contributed by atoms with van der Waals surface area (Å²) in [7, 11) is 3.99. The molecule has 6 heteroatoms. The van der Waals surface area contributed by atoms with Crippen LogP contribution in [0.3, 0.4) is 0 Å². The number of aromatic nitrogens is 2. The molecule has 0 aliphatic carbocycles. The highest BCUT2D eigenvalue weighted by molar-refractivity contribution is 6.05. The first kappa shape index (κ1) is 17.2. The summed E-state index contributed by atoms with van der Waals surface area (Å²) in [6.07, 6.45) is 1.52. The molecule has 0 saturated carbocycles. The van der Waals surface area contributed by atoms with E-state index in [-0.39, 0.29) is 5.91 Å². The van der Waals surface area contributed by atoms with Gasteiger partial charge in [-0.3, -0.25) is 4.79 Å². The third-order valence-electron chi connectivity index (χ3n) is 3.76. The van der Waals surface area contributed by atoms with Gasteiger partial charge in [-0.25, -0.2) is 9.97 Å². The first-order valence-electron chi connectivity index (χ1n) is 8.10. The highest BCUT2D eigenvalue weighted by Gasteiger charge is 2.07. The number of fused-ring (bicyclic) bond motifs is 1. The molecule has 0 spiro atoms. The molecule has 1 aromatic heterocycles. The first-order chi connectivity index (χ1) is 12.6. The Kier molecular flexibility index (Phi) is 4.99. The Hall–Kier alpha value is -3.59. The molecule has 130 valence electrons. The number of amides is 1. The minimum atomic E-state index is -0.350. The van der Waals surface area contributed by atoms with Crippen molar-refractivity contribution < 1.29 is 4.79 Å². The van der Waals surface area contributed by atoms with Gasteiger partial charge in [-0.05, 0) is 49.2 Å². The van der Waals surface area contributed by atoms with Crippen LogP contribution in [0.25, 0.3) is 10.9 Å². The smallest absolute Gasteiger partial charge is 0.300 e. The molecule has 6 nitrogen and oxygen atoms in total. The maximum atomic E-state index is 11.7. The van der Waals surface area contributed by atoms with E-state index in [4.69, 9.17) is 0 Å². The highest BCUT2D eigenvalue weighted by atomic mass is 16.1. The molecule has 3 rings (SSSR count). The van der Waals surface area contributed by atoms with Gasteiger partial charge >= 0.3 is 0 Å². The number of hydrogen-bond acceptors (Lipinski definition) is 5. The summed E-state index contributed by atoms with van der Waals surface area (Å²) in [5.41, 5.74) is 3.43. The van der Waals surface area contributed by atoms with Crippen LogP contribution in [-0.4, -0.2) is 30.0 Å². The largest absolute Gasteiger partial charge is 0.378 e.